The first-order chi connectivity index (χ1) is 10.8. The standard InChI is InChI=1S/C16H15F3N2O2/c1-21(10-15(7-8-15)11-5-3-2-4-6-11)14(22)12-9-23-20-13(12)16(17,18)19/h2-6,9H,7-8,10H2,1H3. The minimum Gasteiger partial charge on any atom is -0.363 e. The van der Waals surface area contributed by atoms with E-state index in [2.05, 4.69) is 9.68 Å². The number of hydrogen-bond acceptors (Lipinski definition) is 3. The molecular weight excluding hydrogens is 309 g/mol. The fraction of sp³-hybridized carbons (Fsp3) is 0.375. The zero-order valence-corrected chi connectivity index (χ0v) is 12.4. The van der Waals surface area contributed by atoms with Gasteiger partial charge in [-0.25, -0.2) is 0 Å². The van der Waals surface area contributed by atoms with Crippen molar-refractivity contribution in [2.75, 3.05) is 13.6 Å². The van der Waals surface area contributed by atoms with Crippen molar-refractivity contribution in [2.24, 2.45) is 0 Å². The molecule has 3 rings (SSSR count). The first kappa shape index (κ1) is 15.6. The molecule has 2 aromatic rings. The molecule has 122 valence electrons. The smallest absolute Gasteiger partial charge is 0.363 e. The summed E-state index contributed by atoms with van der Waals surface area (Å²) in [6.07, 6.45) is -2.14. The minimum absolute atomic E-state index is 0.165. The summed E-state index contributed by atoms with van der Waals surface area (Å²) in [5.74, 6) is -0.735. The summed E-state index contributed by atoms with van der Waals surface area (Å²) in [7, 11) is 1.50. The van der Waals surface area contributed by atoms with Crippen molar-refractivity contribution < 1.29 is 22.5 Å². The molecule has 4 nitrogen and oxygen atoms in total. The highest BCUT2D eigenvalue weighted by Gasteiger charge is 2.46. The lowest BCUT2D eigenvalue weighted by atomic mass is 9.95. The summed E-state index contributed by atoms with van der Waals surface area (Å²) in [6, 6.07) is 9.69. The van der Waals surface area contributed by atoms with Gasteiger partial charge in [0.25, 0.3) is 5.91 Å². The topological polar surface area (TPSA) is 46.3 Å². The summed E-state index contributed by atoms with van der Waals surface area (Å²) in [6.45, 7) is 0.359. The zero-order chi connectivity index (χ0) is 16.7. The highest BCUT2D eigenvalue weighted by Crippen LogP contribution is 2.48. The quantitative estimate of drug-likeness (QED) is 0.865. The van der Waals surface area contributed by atoms with E-state index in [0.29, 0.717) is 6.54 Å². The SMILES string of the molecule is CN(CC1(c2ccccc2)CC1)C(=O)c1conc1C(F)(F)F. The number of nitrogens with zero attached hydrogens (tertiary/aromatic N) is 2. The third-order valence-electron chi connectivity index (χ3n) is 4.19. The van der Waals surface area contributed by atoms with Crippen molar-refractivity contribution in [3.8, 4) is 0 Å². The van der Waals surface area contributed by atoms with Crippen LogP contribution in [0.2, 0.25) is 0 Å². The van der Waals surface area contributed by atoms with E-state index in [0.717, 1.165) is 24.7 Å². The predicted octanol–water partition coefficient (Wildman–Crippen LogP) is 3.50. The molecule has 1 aliphatic carbocycles. The average Bonchev–Trinajstić information content (AvgIpc) is 3.11. The van der Waals surface area contributed by atoms with Gasteiger partial charge in [0.15, 0.2) is 5.69 Å². The van der Waals surface area contributed by atoms with Crippen molar-refractivity contribution in [1.29, 1.82) is 0 Å². The second-order valence-corrected chi connectivity index (χ2v) is 5.88. The Hall–Kier alpha value is -2.31. The maximum atomic E-state index is 12.8. The van der Waals surface area contributed by atoms with E-state index < -0.39 is 23.3 Å². The van der Waals surface area contributed by atoms with Gasteiger partial charge in [0.1, 0.15) is 11.8 Å². The van der Waals surface area contributed by atoms with Gasteiger partial charge < -0.3 is 9.42 Å². The zero-order valence-electron chi connectivity index (χ0n) is 12.4. The van der Waals surface area contributed by atoms with Crippen LogP contribution in [-0.4, -0.2) is 29.6 Å². The van der Waals surface area contributed by atoms with Crippen molar-refractivity contribution in [3.05, 3.63) is 53.4 Å². The third kappa shape index (κ3) is 2.95. The number of carbonyl (C=O) groups excluding carboxylic acids is 1. The molecule has 1 fully saturated rings. The maximum absolute atomic E-state index is 12.8. The number of rotatable bonds is 4. The minimum atomic E-state index is -4.71. The maximum Gasteiger partial charge on any atom is 0.437 e. The Bertz CT molecular complexity index is 706. The molecule has 0 unspecified atom stereocenters. The van der Waals surface area contributed by atoms with Gasteiger partial charge in [-0.2, -0.15) is 13.2 Å². The molecule has 0 radical (unpaired) electrons. The van der Waals surface area contributed by atoms with Crippen LogP contribution in [0.4, 0.5) is 13.2 Å². The van der Waals surface area contributed by atoms with Crippen LogP contribution in [0.25, 0.3) is 0 Å². The highest BCUT2D eigenvalue weighted by atomic mass is 19.4. The van der Waals surface area contributed by atoms with Crippen molar-refractivity contribution >= 4 is 5.91 Å². The number of likely N-dealkylation sites (N-methyl/N-ethyl adjacent to an activating group) is 1. The van der Waals surface area contributed by atoms with Crippen LogP contribution in [0.1, 0.15) is 34.5 Å². The van der Waals surface area contributed by atoms with E-state index in [1.807, 2.05) is 30.3 Å². The molecule has 0 aliphatic heterocycles. The predicted molar refractivity (Wildman–Crippen MR) is 75.8 cm³/mol. The van der Waals surface area contributed by atoms with E-state index >= 15 is 0 Å². The largest absolute Gasteiger partial charge is 0.437 e. The number of amides is 1. The Balaban J connectivity index is 1.78. The van der Waals surface area contributed by atoms with Gasteiger partial charge in [-0.3, -0.25) is 4.79 Å². The van der Waals surface area contributed by atoms with Crippen LogP contribution in [-0.2, 0) is 11.6 Å². The fourth-order valence-corrected chi connectivity index (χ4v) is 2.80. The molecule has 7 heteroatoms. The molecule has 1 saturated carbocycles. The summed E-state index contributed by atoms with van der Waals surface area (Å²) in [5.41, 5.74) is -0.898. The normalized spacial score (nSPS) is 16.2. The molecule has 1 aromatic heterocycles. The first-order valence-electron chi connectivity index (χ1n) is 7.16. The number of alkyl halides is 3. The lowest BCUT2D eigenvalue weighted by molar-refractivity contribution is -0.143. The molecule has 0 atom stereocenters. The molecule has 1 aliphatic rings. The second kappa shape index (κ2) is 5.40. The van der Waals surface area contributed by atoms with Gasteiger partial charge in [0.2, 0.25) is 0 Å². The summed E-state index contributed by atoms with van der Waals surface area (Å²) in [4.78, 5) is 13.6. The van der Waals surface area contributed by atoms with E-state index in [1.165, 1.54) is 11.9 Å². The fourth-order valence-electron chi connectivity index (χ4n) is 2.80. The van der Waals surface area contributed by atoms with Crippen molar-refractivity contribution in [2.45, 2.75) is 24.4 Å². The number of carbonyl (C=O) groups is 1. The van der Waals surface area contributed by atoms with Gasteiger partial charge >= 0.3 is 6.18 Å². The van der Waals surface area contributed by atoms with Crippen LogP contribution < -0.4 is 0 Å². The number of hydrogen-bond donors (Lipinski definition) is 0. The Morgan fingerprint density at radius 1 is 1.30 bits per heavy atom. The molecule has 1 heterocycles. The van der Waals surface area contributed by atoms with E-state index in [4.69, 9.17) is 0 Å². The summed E-state index contributed by atoms with van der Waals surface area (Å²) >= 11 is 0. The average molecular weight is 324 g/mol. The number of benzene rings is 1. The summed E-state index contributed by atoms with van der Waals surface area (Å²) < 4.78 is 42.8. The molecule has 1 aromatic carbocycles. The molecule has 23 heavy (non-hydrogen) atoms. The van der Waals surface area contributed by atoms with Crippen LogP contribution in [0, 0.1) is 0 Å². The number of aromatic nitrogens is 1. The van der Waals surface area contributed by atoms with E-state index in [-0.39, 0.29) is 5.41 Å². The highest BCUT2D eigenvalue weighted by molar-refractivity contribution is 5.95. The Kier molecular flexibility index (Phi) is 3.66. The molecular formula is C16H15F3N2O2. The van der Waals surface area contributed by atoms with Crippen LogP contribution in [0.3, 0.4) is 0 Å². The monoisotopic (exact) mass is 324 g/mol. The van der Waals surface area contributed by atoms with Crippen molar-refractivity contribution in [1.82, 2.24) is 10.1 Å². The first-order valence-corrected chi connectivity index (χ1v) is 7.16. The van der Waals surface area contributed by atoms with Gasteiger partial charge in [-0.15, -0.1) is 0 Å². The number of halogens is 3. The van der Waals surface area contributed by atoms with E-state index in [9.17, 15) is 18.0 Å². The van der Waals surface area contributed by atoms with Crippen molar-refractivity contribution in [3.63, 3.8) is 0 Å². The van der Waals surface area contributed by atoms with Gasteiger partial charge in [-0.1, -0.05) is 35.5 Å². The molecule has 0 spiro atoms. The van der Waals surface area contributed by atoms with Gasteiger partial charge in [-0.05, 0) is 18.4 Å². The molecule has 1 amide bonds. The van der Waals surface area contributed by atoms with Gasteiger partial charge in [0, 0.05) is 19.0 Å². The molecule has 0 bridgehead atoms. The van der Waals surface area contributed by atoms with Gasteiger partial charge in [0.05, 0.1) is 0 Å². The van der Waals surface area contributed by atoms with Crippen LogP contribution >= 0.6 is 0 Å². The van der Waals surface area contributed by atoms with Crippen LogP contribution in [0.5, 0.6) is 0 Å². The Labute approximate surface area is 130 Å². The van der Waals surface area contributed by atoms with E-state index in [1.54, 1.807) is 0 Å². The molecule has 0 saturated heterocycles. The Morgan fingerprint density at radius 3 is 2.52 bits per heavy atom. The lowest BCUT2D eigenvalue weighted by Crippen LogP contribution is -2.35. The Morgan fingerprint density at radius 2 is 1.96 bits per heavy atom. The van der Waals surface area contributed by atoms with Crippen LogP contribution in [0.15, 0.2) is 41.1 Å². The third-order valence-corrected chi connectivity index (χ3v) is 4.19. The molecule has 0 N–H and O–H groups in total. The summed E-state index contributed by atoms with van der Waals surface area (Å²) in [5, 5.41) is 2.91. The second-order valence-electron chi connectivity index (χ2n) is 5.88. The lowest BCUT2D eigenvalue weighted by Gasteiger charge is -2.24.